The highest BCUT2D eigenvalue weighted by molar-refractivity contribution is 6.04. The fraction of sp³-hybridized carbons (Fsp3) is 0.455. The van der Waals surface area contributed by atoms with Crippen molar-refractivity contribution < 1.29 is 14.7 Å². The molecule has 158 valence electrons. The van der Waals surface area contributed by atoms with Crippen LogP contribution in [0.25, 0.3) is 10.8 Å². The Morgan fingerprint density at radius 3 is 2.41 bits per heavy atom. The minimum absolute atomic E-state index is 0. The highest BCUT2D eigenvalue weighted by Gasteiger charge is 2.26. The van der Waals surface area contributed by atoms with E-state index in [1.54, 1.807) is 0 Å². The van der Waals surface area contributed by atoms with E-state index in [1.165, 1.54) is 0 Å². The van der Waals surface area contributed by atoms with Crippen LogP contribution in [0.2, 0.25) is 0 Å². The van der Waals surface area contributed by atoms with Gasteiger partial charge in [-0.25, -0.2) is 0 Å². The van der Waals surface area contributed by atoms with Crippen molar-refractivity contribution in [2.75, 3.05) is 44.7 Å². The average Bonchev–Trinajstić information content (AvgIpc) is 2.69. The van der Waals surface area contributed by atoms with Gasteiger partial charge in [0.1, 0.15) is 0 Å². The van der Waals surface area contributed by atoms with Crippen molar-refractivity contribution in [3.63, 3.8) is 0 Å². The summed E-state index contributed by atoms with van der Waals surface area (Å²) in [6.07, 6.45) is 1.77. The number of likely N-dealkylation sites (N-methyl/N-ethyl adjacent to an activating group) is 2. The van der Waals surface area contributed by atoms with Crippen LogP contribution in [0, 0.1) is 0 Å². The zero-order chi connectivity index (χ0) is 20.1. The molecule has 0 bridgehead atoms. The number of carbonyl (C=O) groups is 2. The Labute approximate surface area is 178 Å². The molecule has 0 aliphatic carbocycles. The van der Waals surface area contributed by atoms with Gasteiger partial charge in [-0.15, -0.1) is 12.4 Å². The maximum absolute atomic E-state index is 13.0. The molecule has 1 aliphatic heterocycles. The highest BCUT2D eigenvalue weighted by atomic mass is 35.5. The second-order valence-corrected chi connectivity index (χ2v) is 7.45. The molecule has 1 aliphatic rings. The Kier molecular flexibility index (Phi) is 8.44. The van der Waals surface area contributed by atoms with E-state index in [9.17, 15) is 9.59 Å². The maximum Gasteiger partial charge on any atom is 0.317 e. The monoisotopic (exact) mass is 419 g/mol. The van der Waals surface area contributed by atoms with Crippen LogP contribution in [0.15, 0.2) is 42.5 Å². The van der Waals surface area contributed by atoms with Gasteiger partial charge in [0.2, 0.25) is 5.91 Å². The van der Waals surface area contributed by atoms with Gasteiger partial charge < -0.3 is 10.0 Å². The largest absolute Gasteiger partial charge is 0.480 e. The zero-order valence-corrected chi connectivity index (χ0v) is 17.9. The van der Waals surface area contributed by atoms with Gasteiger partial charge in [0.25, 0.3) is 0 Å². The van der Waals surface area contributed by atoms with E-state index in [4.69, 9.17) is 5.11 Å². The standard InChI is InChI=1S/C22H29N3O3.ClH/c1-3-25(20-10-6-8-17-7-4-5-9-19(17)20)21(26)15-24-13-11-18(12-14-24)23(2)16-22(27)28;/h4-10,18H,3,11-16H2,1-2H3,(H,27,28);1H. The number of benzene rings is 2. The SMILES string of the molecule is CCN(C(=O)CN1CCC(N(C)CC(=O)O)CC1)c1cccc2ccccc12.Cl. The minimum atomic E-state index is -0.797. The molecule has 1 fully saturated rings. The van der Waals surface area contributed by atoms with Crippen molar-refractivity contribution in [2.24, 2.45) is 0 Å². The molecule has 29 heavy (non-hydrogen) atoms. The molecule has 2 aromatic carbocycles. The summed E-state index contributed by atoms with van der Waals surface area (Å²) in [5.41, 5.74) is 0.960. The predicted octanol–water partition coefficient (Wildman–Crippen LogP) is 3.10. The number of carboxylic acid groups (broad SMARTS) is 1. The van der Waals surface area contributed by atoms with E-state index in [2.05, 4.69) is 23.1 Å². The molecule has 7 heteroatoms. The average molecular weight is 420 g/mol. The van der Waals surface area contributed by atoms with E-state index in [1.807, 2.05) is 48.0 Å². The third-order valence-corrected chi connectivity index (χ3v) is 5.60. The summed E-state index contributed by atoms with van der Waals surface area (Å²) in [4.78, 5) is 29.9. The van der Waals surface area contributed by atoms with Crippen LogP contribution >= 0.6 is 12.4 Å². The van der Waals surface area contributed by atoms with Gasteiger partial charge >= 0.3 is 5.97 Å². The summed E-state index contributed by atoms with van der Waals surface area (Å²) in [6.45, 7) is 4.72. The first kappa shape index (κ1) is 23.1. The normalized spacial score (nSPS) is 15.3. The number of amides is 1. The number of hydrogen-bond donors (Lipinski definition) is 1. The Morgan fingerprint density at radius 2 is 1.76 bits per heavy atom. The Bertz CT molecular complexity index is 832. The molecule has 0 unspecified atom stereocenters. The number of nitrogens with zero attached hydrogens (tertiary/aromatic N) is 3. The molecule has 1 amide bonds. The molecule has 3 rings (SSSR count). The molecule has 2 aromatic rings. The Morgan fingerprint density at radius 1 is 1.10 bits per heavy atom. The van der Waals surface area contributed by atoms with Crippen molar-refractivity contribution in [1.82, 2.24) is 9.80 Å². The van der Waals surface area contributed by atoms with Crippen LogP contribution < -0.4 is 4.90 Å². The first-order chi connectivity index (χ1) is 13.5. The second kappa shape index (κ2) is 10.6. The number of fused-ring (bicyclic) bond motifs is 1. The van der Waals surface area contributed by atoms with Gasteiger partial charge in [0.05, 0.1) is 18.8 Å². The highest BCUT2D eigenvalue weighted by Crippen LogP contribution is 2.27. The zero-order valence-electron chi connectivity index (χ0n) is 17.1. The quantitative estimate of drug-likeness (QED) is 0.747. The van der Waals surface area contributed by atoms with Gasteiger partial charge in [-0.3, -0.25) is 19.4 Å². The topological polar surface area (TPSA) is 64.1 Å². The summed E-state index contributed by atoms with van der Waals surface area (Å²) in [6, 6.07) is 14.5. The molecular formula is C22H30ClN3O3. The summed E-state index contributed by atoms with van der Waals surface area (Å²) in [5, 5.41) is 11.2. The summed E-state index contributed by atoms with van der Waals surface area (Å²) >= 11 is 0. The molecule has 1 N–H and O–H groups in total. The molecule has 0 saturated carbocycles. The lowest BCUT2D eigenvalue weighted by molar-refractivity contribution is -0.138. The van der Waals surface area contributed by atoms with Gasteiger partial charge in [-0.05, 0) is 38.3 Å². The third kappa shape index (κ3) is 5.69. The van der Waals surface area contributed by atoms with Crippen LogP contribution in [0.1, 0.15) is 19.8 Å². The number of aliphatic carboxylic acids is 1. The maximum atomic E-state index is 13.0. The molecule has 0 spiro atoms. The molecular weight excluding hydrogens is 390 g/mol. The van der Waals surface area contributed by atoms with Crippen molar-refractivity contribution in [3.8, 4) is 0 Å². The molecule has 0 aromatic heterocycles. The fourth-order valence-electron chi connectivity index (χ4n) is 4.06. The van der Waals surface area contributed by atoms with Gasteiger partial charge in [-0.2, -0.15) is 0 Å². The van der Waals surface area contributed by atoms with Crippen molar-refractivity contribution in [1.29, 1.82) is 0 Å². The molecule has 1 heterocycles. The first-order valence-corrected chi connectivity index (χ1v) is 9.92. The van der Waals surface area contributed by atoms with Crippen molar-refractivity contribution >= 4 is 40.7 Å². The lowest BCUT2D eigenvalue weighted by Gasteiger charge is -2.36. The van der Waals surface area contributed by atoms with Crippen LogP contribution in [0.3, 0.4) is 0 Å². The summed E-state index contributed by atoms with van der Waals surface area (Å²) in [5.74, 6) is -0.690. The Balaban J connectivity index is 0.00000300. The van der Waals surface area contributed by atoms with E-state index >= 15 is 0 Å². The van der Waals surface area contributed by atoms with Crippen LogP contribution in [0.4, 0.5) is 5.69 Å². The lowest BCUT2D eigenvalue weighted by Crippen LogP contribution is -2.48. The number of piperidine rings is 1. The van der Waals surface area contributed by atoms with Gasteiger partial charge in [-0.1, -0.05) is 36.4 Å². The van der Waals surface area contributed by atoms with Crippen molar-refractivity contribution in [2.45, 2.75) is 25.8 Å². The van der Waals surface area contributed by atoms with E-state index in [0.29, 0.717) is 13.1 Å². The molecule has 0 radical (unpaired) electrons. The molecule has 1 saturated heterocycles. The van der Waals surface area contributed by atoms with Crippen LogP contribution in [-0.2, 0) is 9.59 Å². The Hall–Kier alpha value is -2.15. The lowest BCUT2D eigenvalue weighted by atomic mass is 10.0. The number of halogens is 1. The predicted molar refractivity (Wildman–Crippen MR) is 119 cm³/mol. The first-order valence-electron chi connectivity index (χ1n) is 9.92. The number of carbonyl (C=O) groups excluding carboxylic acids is 1. The van der Waals surface area contributed by atoms with E-state index < -0.39 is 5.97 Å². The second-order valence-electron chi connectivity index (χ2n) is 7.45. The van der Waals surface area contributed by atoms with Crippen LogP contribution in [0.5, 0.6) is 0 Å². The smallest absolute Gasteiger partial charge is 0.317 e. The number of anilines is 1. The number of hydrogen-bond acceptors (Lipinski definition) is 4. The number of carboxylic acids is 1. The van der Waals surface area contributed by atoms with E-state index in [0.717, 1.165) is 42.4 Å². The van der Waals surface area contributed by atoms with Crippen LogP contribution in [-0.4, -0.2) is 72.6 Å². The summed E-state index contributed by atoms with van der Waals surface area (Å²) in [7, 11) is 1.86. The fourth-order valence-corrected chi connectivity index (χ4v) is 4.06. The van der Waals surface area contributed by atoms with Gasteiger partial charge in [0.15, 0.2) is 0 Å². The summed E-state index contributed by atoms with van der Waals surface area (Å²) < 4.78 is 0. The molecule has 0 atom stereocenters. The number of likely N-dealkylation sites (tertiary alicyclic amines) is 1. The third-order valence-electron chi connectivity index (χ3n) is 5.60. The van der Waals surface area contributed by atoms with E-state index in [-0.39, 0.29) is 30.9 Å². The van der Waals surface area contributed by atoms with Crippen molar-refractivity contribution in [3.05, 3.63) is 42.5 Å². The van der Waals surface area contributed by atoms with Gasteiger partial charge in [0, 0.05) is 31.1 Å². The number of rotatable bonds is 7. The minimum Gasteiger partial charge on any atom is -0.480 e. The molecule has 6 nitrogen and oxygen atoms in total.